The average Bonchev–Trinajstić information content (AvgIpc) is 3.16. The first-order chi connectivity index (χ1) is 9.73. The average molecular weight is 311 g/mol. The monoisotopic (exact) mass is 310 g/mol. The lowest BCUT2D eigenvalue weighted by Crippen LogP contribution is -2.31. The Balaban J connectivity index is 0.00000161. The number of hydrogen-bond acceptors (Lipinski definition) is 3. The largest absolute Gasteiger partial charge is 0.494 e. The Kier molecular flexibility index (Phi) is 5.12. The van der Waals surface area contributed by atoms with Gasteiger partial charge in [0.05, 0.1) is 6.61 Å². The second-order valence-electron chi connectivity index (χ2n) is 5.82. The Hall–Kier alpha value is -1.26. The maximum absolute atomic E-state index is 12.3. The van der Waals surface area contributed by atoms with Crippen molar-refractivity contribution < 1.29 is 9.53 Å². The zero-order valence-electron chi connectivity index (χ0n) is 12.4. The van der Waals surface area contributed by atoms with Crippen LogP contribution in [0.1, 0.15) is 26.2 Å². The molecule has 2 N–H and O–H groups in total. The van der Waals surface area contributed by atoms with E-state index in [0.717, 1.165) is 43.8 Å². The van der Waals surface area contributed by atoms with Crippen LogP contribution < -0.4 is 15.4 Å². The number of piperidine rings is 1. The van der Waals surface area contributed by atoms with Crippen LogP contribution in [0.2, 0.25) is 0 Å². The lowest BCUT2D eigenvalue weighted by atomic mass is 9.92. The van der Waals surface area contributed by atoms with Gasteiger partial charge in [0.2, 0.25) is 5.91 Å². The third-order valence-corrected chi connectivity index (χ3v) is 4.54. The molecule has 4 nitrogen and oxygen atoms in total. The second kappa shape index (κ2) is 6.67. The molecule has 2 aliphatic rings. The van der Waals surface area contributed by atoms with E-state index in [1.165, 1.54) is 0 Å². The highest BCUT2D eigenvalue weighted by molar-refractivity contribution is 5.95. The molecule has 0 radical (unpaired) electrons. The third kappa shape index (κ3) is 3.50. The predicted octanol–water partition coefficient (Wildman–Crippen LogP) is 2.84. The summed E-state index contributed by atoms with van der Waals surface area (Å²) in [6.45, 7) is 4.71. The van der Waals surface area contributed by atoms with Crippen molar-refractivity contribution in [2.24, 2.45) is 11.3 Å². The number of carbonyl (C=O) groups is 1. The van der Waals surface area contributed by atoms with Gasteiger partial charge in [-0.2, -0.15) is 0 Å². The number of anilines is 1. The van der Waals surface area contributed by atoms with Crippen molar-refractivity contribution in [1.29, 1.82) is 0 Å². The molecule has 0 aromatic heterocycles. The molecule has 1 aromatic rings. The van der Waals surface area contributed by atoms with E-state index >= 15 is 0 Å². The molecule has 1 spiro atoms. The standard InChI is InChI=1S/C16H22N2O2.ClH/c1-2-20-13-5-3-12(4-6-13)18-15(19)14-11-16(14)7-9-17-10-8-16;/h3-6,14,17H,2,7-11H2,1H3,(H,18,19);1H. The van der Waals surface area contributed by atoms with Gasteiger partial charge < -0.3 is 15.4 Å². The van der Waals surface area contributed by atoms with Crippen molar-refractivity contribution in [3.8, 4) is 5.75 Å². The zero-order valence-corrected chi connectivity index (χ0v) is 13.2. The predicted molar refractivity (Wildman–Crippen MR) is 86.1 cm³/mol. The van der Waals surface area contributed by atoms with Gasteiger partial charge in [0.15, 0.2) is 0 Å². The fourth-order valence-electron chi connectivity index (χ4n) is 3.23. The minimum Gasteiger partial charge on any atom is -0.494 e. The number of hydrogen-bond donors (Lipinski definition) is 2. The summed E-state index contributed by atoms with van der Waals surface area (Å²) in [6, 6.07) is 7.60. The molecule has 0 bridgehead atoms. The van der Waals surface area contributed by atoms with Crippen molar-refractivity contribution in [3.63, 3.8) is 0 Å². The molecule has 1 aliphatic carbocycles. The molecular weight excluding hydrogens is 288 g/mol. The Morgan fingerprint density at radius 2 is 2.00 bits per heavy atom. The maximum Gasteiger partial charge on any atom is 0.228 e. The summed E-state index contributed by atoms with van der Waals surface area (Å²) < 4.78 is 5.40. The van der Waals surface area contributed by atoms with Gasteiger partial charge in [0, 0.05) is 11.6 Å². The van der Waals surface area contributed by atoms with Crippen LogP contribution in [-0.4, -0.2) is 25.6 Å². The molecule has 1 aromatic carbocycles. The van der Waals surface area contributed by atoms with E-state index in [-0.39, 0.29) is 24.2 Å². The molecule has 3 rings (SSSR count). The van der Waals surface area contributed by atoms with Gasteiger partial charge in [-0.15, -0.1) is 12.4 Å². The Morgan fingerprint density at radius 3 is 2.62 bits per heavy atom. The summed E-state index contributed by atoms with van der Waals surface area (Å²) in [6.07, 6.45) is 3.32. The van der Waals surface area contributed by atoms with Gasteiger partial charge in [0.25, 0.3) is 0 Å². The highest BCUT2D eigenvalue weighted by Gasteiger charge is 2.57. The minimum atomic E-state index is 0. The first-order valence-electron chi connectivity index (χ1n) is 7.48. The Labute approximate surface area is 132 Å². The highest BCUT2D eigenvalue weighted by atomic mass is 35.5. The molecule has 21 heavy (non-hydrogen) atoms. The summed E-state index contributed by atoms with van der Waals surface area (Å²) in [4.78, 5) is 12.3. The number of nitrogens with one attached hydrogen (secondary N) is 2. The molecule has 116 valence electrons. The maximum atomic E-state index is 12.3. The third-order valence-electron chi connectivity index (χ3n) is 4.54. The summed E-state index contributed by atoms with van der Waals surface area (Å²) >= 11 is 0. The van der Waals surface area contributed by atoms with Crippen molar-refractivity contribution in [1.82, 2.24) is 5.32 Å². The number of carbonyl (C=O) groups excluding carboxylic acids is 1. The minimum absolute atomic E-state index is 0. The summed E-state index contributed by atoms with van der Waals surface area (Å²) in [5.41, 5.74) is 1.15. The Bertz CT molecular complexity index is 484. The van der Waals surface area contributed by atoms with E-state index in [2.05, 4.69) is 10.6 Å². The molecule has 1 amide bonds. The lowest BCUT2D eigenvalue weighted by molar-refractivity contribution is -0.118. The fraction of sp³-hybridized carbons (Fsp3) is 0.562. The molecule has 1 unspecified atom stereocenters. The quantitative estimate of drug-likeness (QED) is 0.899. The van der Waals surface area contributed by atoms with E-state index in [1.54, 1.807) is 0 Å². The van der Waals surface area contributed by atoms with Gasteiger partial charge in [-0.25, -0.2) is 0 Å². The number of benzene rings is 1. The smallest absolute Gasteiger partial charge is 0.228 e. The van der Waals surface area contributed by atoms with Crippen LogP contribution in [0, 0.1) is 11.3 Å². The first-order valence-corrected chi connectivity index (χ1v) is 7.48. The molecule has 1 aliphatic heterocycles. The van der Waals surface area contributed by atoms with E-state index in [4.69, 9.17) is 4.74 Å². The van der Waals surface area contributed by atoms with E-state index in [9.17, 15) is 4.79 Å². The van der Waals surface area contributed by atoms with Crippen LogP contribution in [-0.2, 0) is 4.79 Å². The highest BCUT2D eigenvalue weighted by Crippen LogP contribution is 2.58. The lowest BCUT2D eigenvalue weighted by Gasteiger charge is -2.23. The van der Waals surface area contributed by atoms with Crippen LogP contribution in [0.5, 0.6) is 5.75 Å². The number of rotatable bonds is 4. The second-order valence-corrected chi connectivity index (χ2v) is 5.82. The molecule has 1 heterocycles. The van der Waals surface area contributed by atoms with Crippen molar-refractivity contribution in [3.05, 3.63) is 24.3 Å². The molecule has 5 heteroatoms. The SMILES string of the molecule is CCOc1ccc(NC(=O)C2CC23CCNCC3)cc1.Cl. The van der Waals surface area contributed by atoms with Gasteiger partial charge in [-0.1, -0.05) is 0 Å². The first kappa shape index (κ1) is 16.1. The number of amides is 1. The molecule has 1 atom stereocenters. The molecule has 1 saturated heterocycles. The fourth-order valence-corrected chi connectivity index (χ4v) is 3.23. The summed E-state index contributed by atoms with van der Waals surface area (Å²) in [7, 11) is 0. The Morgan fingerprint density at radius 1 is 1.33 bits per heavy atom. The molecule has 2 fully saturated rings. The molecule has 1 saturated carbocycles. The number of halogens is 1. The van der Waals surface area contributed by atoms with Gasteiger partial charge in [-0.05, 0) is 69.0 Å². The molecular formula is C16H23ClN2O2. The van der Waals surface area contributed by atoms with Crippen LogP contribution in [0.15, 0.2) is 24.3 Å². The summed E-state index contributed by atoms with van der Waals surface area (Å²) in [5, 5.41) is 6.39. The van der Waals surface area contributed by atoms with Crippen molar-refractivity contribution >= 4 is 24.0 Å². The van der Waals surface area contributed by atoms with Gasteiger partial charge in [0.1, 0.15) is 5.75 Å². The summed E-state index contributed by atoms with van der Waals surface area (Å²) in [5.74, 6) is 1.22. The van der Waals surface area contributed by atoms with Gasteiger partial charge in [-0.3, -0.25) is 4.79 Å². The van der Waals surface area contributed by atoms with Crippen LogP contribution in [0.3, 0.4) is 0 Å². The van der Waals surface area contributed by atoms with Crippen LogP contribution >= 0.6 is 12.4 Å². The van der Waals surface area contributed by atoms with E-state index in [1.807, 2.05) is 31.2 Å². The van der Waals surface area contributed by atoms with Crippen LogP contribution in [0.25, 0.3) is 0 Å². The van der Waals surface area contributed by atoms with Crippen molar-refractivity contribution in [2.75, 3.05) is 25.0 Å². The van der Waals surface area contributed by atoms with E-state index < -0.39 is 0 Å². The topological polar surface area (TPSA) is 50.4 Å². The normalized spacial score (nSPS) is 22.2. The zero-order chi connectivity index (χ0) is 14.0. The van der Waals surface area contributed by atoms with Crippen LogP contribution in [0.4, 0.5) is 5.69 Å². The number of ether oxygens (including phenoxy) is 1. The van der Waals surface area contributed by atoms with E-state index in [0.29, 0.717) is 12.0 Å². The van der Waals surface area contributed by atoms with Gasteiger partial charge >= 0.3 is 0 Å². The van der Waals surface area contributed by atoms with Crippen molar-refractivity contribution in [2.45, 2.75) is 26.2 Å².